The highest BCUT2D eigenvalue weighted by atomic mass is 32.2. The lowest BCUT2D eigenvalue weighted by atomic mass is 9.96. The average Bonchev–Trinajstić information content (AvgIpc) is 3.33. The van der Waals surface area contributed by atoms with Crippen LogP contribution in [0.4, 0.5) is 5.69 Å². The summed E-state index contributed by atoms with van der Waals surface area (Å²) in [6, 6.07) is 5.20. The van der Waals surface area contributed by atoms with E-state index in [9.17, 15) is 18.0 Å². The highest BCUT2D eigenvalue weighted by Gasteiger charge is 2.32. The van der Waals surface area contributed by atoms with E-state index in [4.69, 9.17) is 0 Å². The molecule has 0 radical (unpaired) electrons. The standard InChI is InChI=1S/C23H34N4O4S/c1-24(2)23(29)19-8-5-11-25(16-19)17-22(28)27-14-6-7-18-15-20(9-10-21(18)27)32(30,31)26-12-3-4-13-26/h9-10,15,19H,3-8,11-14,16-17H2,1-2H3. The second kappa shape index (κ2) is 9.49. The minimum atomic E-state index is -3.47. The van der Waals surface area contributed by atoms with Crippen LogP contribution < -0.4 is 4.90 Å². The quantitative estimate of drug-likeness (QED) is 0.663. The largest absolute Gasteiger partial charge is 0.349 e. The van der Waals surface area contributed by atoms with Crippen molar-refractivity contribution in [2.45, 2.75) is 43.4 Å². The highest BCUT2D eigenvalue weighted by molar-refractivity contribution is 7.89. The third kappa shape index (κ3) is 4.70. The van der Waals surface area contributed by atoms with E-state index in [1.165, 1.54) is 0 Å². The van der Waals surface area contributed by atoms with Crippen LogP contribution in [0.15, 0.2) is 23.1 Å². The number of nitrogens with zero attached hydrogens (tertiary/aromatic N) is 4. The Kier molecular flexibility index (Phi) is 6.88. The molecule has 3 aliphatic rings. The predicted molar refractivity (Wildman–Crippen MR) is 123 cm³/mol. The molecule has 9 heteroatoms. The fourth-order valence-corrected chi connectivity index (χ4v) is 6.68. The van der Waals surface area contributed by atoms with Gasteiger partial charge >= 0.3 is 0 Å². The lowest BCUT2D eigenvalue weighted by Gasteiger charge is -2.35. The summed E-state index contributed by atoms with van der Waals surface area (Å²) in [6.07, 6.45) is 5.17. The van der Waals surface area contributed by atoms with Crippen LogP contribution in [0.3, 0.4) is 0 Å². The van der Waals surface area contributed by atoms with E-state index in [1.54, 1.807) is 46.4 Å². The number of anilines is 1. The number of likely N-dealkylation sites (tertiary alicyclic amines) is 1. The van der Waals surface area contributed by atoms with E-state index in [0.29, 0.717) is 31.1 Å². The molecule has 176 valence electrons. The van der Waals surface area contributed by atoms with Crippen molar-refractivity contribution in [2.24, 2.45) is 5.92 Å². The number of carbonyl (C=O) groups is 2. The van der Waals surface area contributed by atoms with E-state index in [-0.39, 0.29) is 24.3 Å². The first-order valence-corrected chi connectivity index (χ1v) is 13.1. The molecule has 1 unspecified atom stereocenters. The average molecular weight is 463 g/mol. The molecule has 0 aromatic heterocycles. The molecule has 3 aliphatic heterocycles. The lowest BCUT2D eigenvalue weighted by Crippen LogP contribution is -2.48. The molecule has 1 aromatic carbocycles. The van der Waals surface area contributed by atoms with Crippen LogP contribution in [-0.4, -0.2) is 87.7 Å². The number of benzene rings is 1. The van der Waals surface area contributed by atoms with Crippen molar-refractivity contribution in [3.05, 3.63) is 23.8 Å². The smallest absolute Gasteiger partial charge is 0.243 e. The minimum absolute atomic E-state index is 0.0130. The molecular formula is C23H34N4O4S. The van der Waals surface area contributed by atoms with Crippen LogP contribution in [0.2, 0.25) is 0 Å². The Labute approximate surface area is 191 Å². The van der Waals surface area contributed by atoms with Crippen LogP contribution in [0.5, 0.6) is 0 Å². The van der Waals surface area contributed by atoms with Gasteiger partial charge in [0.25, 0.3) is 0 Å². The van der Waals surface area contributed by atoms with Crippen molar-refractivity contribution in [3.8, 4) is 0 Å². The Morgan fingerprint density at radius 1 is 1.03 bits per heavy atom. The summed E-state index contributed by atoms with van der Waals surface area (Å²) in [5.74, 6) is 0.0785. The van der Waals surface area contributed by atoms with Gasteiger partial charge < -0.3 is 9.80 Å². The van der Waals surface area contributed by atoms with Crippen LogP contribution in [0.25, 0.3) is 0 Å². The molecule has 2 saturated heterocycles. The second-order valence-corrected chi connectivity index (χ2v) is 11.3. The van der Waals surface area contributed by atoms with Gasteiger partial charge in [0.05, 0.1) is 17.4 Å². The Morgan fingerprint density at radius 3 is 2.50 bits per heavy atom. The molecule has 0 bridgehead atoms. The Morgan fingerprint density at radius 2 is 1.78 bits per heavy atom. The van der Waals surface area contributed by atoms with E-state index < -0.39 is 10.0 Å². The molecular weight excluding hydrogens is 428 g/mol. The normalized spacial score (nSPS) is 22.6. The van der Waals surface area contributed by atoms with E-state index in [0.717, 1.165) is 56.3 Å². The molecule has 32 heavy (non-hydrogen) atoms. The van der Waals surface area contributed by atoms with Crippen molar-refractivity contribution >= 4 is 27.5 Å². The highest BCUT2D eigenvalue weighted by Crippen LogP contribution is 2.31. The lowest BCUT2D eigenvalue weighted by molar-refractivity contribution is -0.135. The zero-order chi connectivity index (χ0) is 22.9. The summed E-state index contributed by atoms with van der Waals surface area (Å²) < 4.78 is 27.4. The van der Waals surface area contributed by atoms with Gasteiger partial charge in [0.15, 0.2) is 0 Å². The summed E-state index contributed by atoms with van der Waals surface area (Å²) in [4.78, 5) is 31.4. The molecule has 0 spiro atoms. The second-order valence-electron chi connectivity index (χ2n) is 9.36. The number of carbonyl (C=O) groups excluding carboxylic acids is 2. The van der Waals surface area contributed by atoms with Crippen LogP contribution in [-0.2, 0) is 26.0 Å². The van der Waals surface area contributed by atoms with Gasteiger partial charge in [-0.2, -0.15) is 4.31 Å². The number of aryl methyl sites for hydroxylation is 1. The molecule has 0 saturated carbocycles. The molecule has 2 fully saturated rings. The molecule has 4 rings (SSSR count). The summed E-state index contributed by atoms with van der Waals surface area (Å²) >= 11 is 0. The maximum absolute atomic E-state index is 13.2. The van der Waals surface area contributed by atoms with Gasteiger partial charge in [-0.25, -0.2) is 8.42 Å². The number of fused-ring (bicyclic) bond motifs is 1. The third-order valence-corrected chi connectivity index (χ3v) is 8.72. The van der Waals surface area contributed by atoms with Gasteiger partial charge in [-0.05, 0) is 68.8 Å². The van der Waals surface area contributed by atoms with Gasteiger partial charge in [-0.3, -0.25) is 14.5 Å². The first-order valence-electron chi connectivity index (χ1n) is 11.6. The summed E-state index contributed by atoms with van der Waals surface area (Å²) in [5.41, 5.74) is 1.74. The van der Waals surface area contributed by atoms with Gasteiger partial charge in [-0.15, -0.1) is 0 Å². The number of hydrogen-bond donors (Lipinski definition) is 0. The van der Waals surface area contributed by atoms with E-state index >= 15 is 0 Å². The van der Waals surface area contributed by atoms with Crippen molar-refractivity contribution in [1.82, 2.24) is 14.1 Å². The number of rotatable bonds is 5. The van der Waals surface area contributed by atoms with E-state index in [1.807, 2.05) is 0 Å². The topological polar surface area (TPSA) is 81.2 Å². The van der Waals surface area contributed by atoms with Crippen molar-refractivity contribution in [3.63, 3.8) is 0 Å². The summed E-state index contributed by atoms with van der Waals surface area (Å²) in [5, 5.41) is 0. The summed E-state index contributed by atoms with van der Waals surface area (Å²) in [7, 11) is 0.0780. The first kappa shape index (κ1) is 23.2. The molecule has 3 heterocycles. The van der Waals surface area contributed by atoms with Crippen LogP contribution >= 0.6 is 0 Å². The zero-order valence-electron chi connectivity index (χ0n) is 19.1. The Balaban J connectivity index is 1.47. The number of piperidine rings is 1. The SMILES string of the molecule is CN(C)C(=O)C1CCCN(CC(=O)N2CCCc3cc(S(=O)(=O)N4CCCC4)ccc32)C1. The van der Waals surface area contributed by atoms with Gasteiger partial charge in [0.1, 0.15) is 0 Å². The third-order valence-electron chi connectivity index (χ3n) is 6.83. The van der Waals surface area contributed by atoms with E-state index in [2.05, 4.69) is 4.90 Å². The predicted octanol–water partition coefficient (Wildman–Crippen LogP) is 1.55. The Bertz CT molecular complexity index is 972. The minimum Gasteiger partial charge on any atom is -0.349 e. The maximum Gasteiger partial charge on any atom is 0.243 e. The fraction of sp³-hybridized carbons (Fsp3) is 0.652. The monoisotopic (exact) mass is 462 g/mol. The fourth-order valence-electron chi connectivity index (χ4n) is 5.11. The molecule has 0 N–H and O–H groups in total. The van der Waals surface area contributed by atoms with Crippen molar-refractivity contribution in [2.75, 3.05) is 58.3 Å². The van der Waals surface area contributed by atoms with Gasteiger partial charge in [0, 0.05) is 46.0 Å². The molecule has 8 nitrogen and oxygen atoms in total. The molecule has 0 aliphatic carbocycles. The number of sulfonamides is 1. The van der Waals surface area contributed by atoms with Crippen molar-refractivity contribution < 1.29 is 18.0 Å². The zero-order valence-corrected chi connectivity index (χ0v) is 19.9. The molecule has 2 amide bonds. The molecule has 1 aromatic rings. The number of hydrogen-bond acceptors (Lipinski definition) is 5. The van der Waals surface area contributed by atoms with Gasteiger partial charge in [-0.1, -0.05) is 0 Å². The molecule has 1 atom stereocenters. The van der Waals surface area contributed by atoms with Crippen molar-refractivity contribution in [1.29, 1.82) is 0 Å². The Hall–Kier alpha value is -1.97. The van der Waals surface area contributed by atoms with Gasteiger partial charge in [0.2, 0.25) is 21.8 Å². The number of amides is 2. The first-order chi connectivity index (χ1) is 15.3. The maximum atomic E-state index is 13.2. The van der Waals surface area contributed by atoms with Crippen LogP contribution in [0, 0.1) is 5.92 Å². The van der Waals surface area contributed by atoms with Crippen LogP contribution in [0.1, 0.15) is 37.7 Å². The summed E-state index contributed by atoms with van der Waals surface area (Å²) in [6.45, 7) is 3.50.